The van der Waals surface area contributed by atoms with E-state index >= 15 is 0 Å². The number of carbonyl (C=O) groups excluding carboxylic acids is 2. The van der Waals surface area contributed by atoms with Crippen molar-refractivity contribution < 1.29 is 9.59 Å². The molecule has 3 heterocycles. The van der Waals surface area contributed by atoms with Gasteiger partial charge in [0.25, 0.3) is 0 Å². The van der Waals surface area contributed by atoms with Crippen LogP contribution in [-0.2, 0) is 4.79 Å². The van der Waals surface area contributed by atoms with Crippen LogP contribution in [0.3, 0.4) is 0 Å². The highest BCUT2D eigenvalue weighted by Gasteiger charge is 2.22. The van der Waals surface area contributed by atoms with Gasteiger partial charge in [0.05, 0.1) is 29.1 Å². The van der Waals surface area contributed by atoms with E-state index in [1.54, 1.807) is 11.1 Å². The van der Waals surface area contributed by atoms with E-state index in [0.29, 0.717) is 19.5 Å². The Morgan fingerprint density at radius 2 is 2.04 bits per heavy atom. The highest BCUT2D eigenvalue weighted by atomic mass is 16.2. The number of aromatic nitrogens is 1. The third-order valence-corrected chi connectivity index (χ3v) is 5.52. The topological polar surface area (TPSA) is 89.9 Å². The first-order valence-electron chi connectivity index (χ1n) is 9.68. The van der Waals surface area contributed by atoms with E-state index in [2.05, 4.69) is 20.6 Å². The first-order chi connectivity index (χ1) is 13.1. The molecule has 0 spiro atoms. The van der Waals surface area contributed by atoms with Crippen molar-refractivity contribution in [3.05, 3.63) is 23.0 Å². The second-order valence-corrected chi connectivity index (χ2v) is 7.52. The zero-order chi connectivity index (χ0) is 18.8. The van der Waals surface area contributed by atoms with Crippen molar-refractivity contribution in [1.82, 2.24) is 20.5 Å². The molecule has 0 radical (unpaired) electrons. The van der Waals surface area contributed by atoms with Crippen LogP contribution in [-0.4, -0.2) is 60.7 Å². The summed E-state index contributed by atoms with van der Waals surface area (Å²) < 4.78 is 0. The van der Waals surface area contributed by atoms with Crippen LogP contribution in [0.4, 0.5) is 10.5 Å². The van der Waals surface area contributed by atoms with Crippen molar-refractivity contribution in [3.63, 3.8) is 0 Å². The van der Waals surface area contributed by atoms with Gasteiger partial charge in [-0.3, -0.25) is 14.8 Å². The number of amides is 3. The van der Waals surface area contributed by atoms with E-state index in [0.717, 1.165) is 35.8 Å². The second kappa shape index (κ2) is 7.54. The van der Waals surface area contributed by atoms with Gasteiger partial charge in [-0.25, -0.2) is 4.79 Å². The van der Waals surface area contributed by atoms with E-state index in [4.69, 9.17) is 0 Å². The molecule has 1 aliphatic carbocycles. The van der Waals surface area contributed by atoms with Gasteiger partial charge < -0.3 is 20.4 Å². The van der Waals surface area contributed by atoms with E-state index in [1.807, 2.05) is 24.1 Å². The quantitative estimate of drug-likeness (QED) is 0.767. The molecule has 1 atom stereocenters. The minimum atomic E-state index is -0.287. The number of hydrogen-bond acceptors (Lipinski definition) is 5. The zero-order valence-corrected chi connectivity index (χ0v) is 15.6. The molecule has 1 aromatic heterocycles. The molecule has 3 amide bonds. The lowest BCUT2D eigenvalue weighted by Gasteiger charge is -2.33. The molecule has 2 aliphatic heterocycles. The Balaban J connectivity index is 1.46. The minimum absolute atomic E-state index is 0.102. The predicted octanol–water partition coefficient (Wildman–Crippen LogP) is -0.268. The third-order valence-electron chi connectivity index (χ3n) is 5.52. The summed E-state index contributed by atoms with van der Waals surface area (Å²) in [5, 5.41) is 7.57. The van der Waals surface area contributed by atoms with Crippen LogP contribution in [0.2, 0.25) is 0 Å². The lowest BCUT2D eigenvalue weighted by atomic mass is 10.2. The van der Waals surface area contributed by atoms with Crippen molar-refractivity contribution in [2.45, 2.75) is 44.3 Å². The summed E-state index contributed by atoms with van der Waals surface area (Å²) in [7, 11) is 1.82. The van der Waals surface area contributed by atoms with Crippen LogP contribution >= 0.6 is 0 Å². The zero-order valence-electron chi connectivity index (χ0n) is 15.6. The number of piperazine rings is 1. The third kappa shape index (κ3) is 4.04. The summed E-state index contributed by atoms with van der Waals surface area (Å²) in [6, 6.07) is 2.09. The Morgan fingerprint density at radius 3 is 2.81 bits per heavy atom. The Morgan fingerprint density at radius 1 is 1.22 bits per heavy atom. The number of nitrogens with one attached hydrogen (secondary N) is 2. The number of pyridine rings is 1. The van der Waals surface area contributed by atoms with Crippen LogP contribution < -0.4 is 26.2 Å². The molecule has 0 bridgehead atoms. The van der Waals surface area contributed by atoms with Crippen molar-refractivity contribution >= 4 is 23.7 Å². The Labute approximate surface area is 158 Å². The van der Waals surface area contributed by atoms with E-state index in [1.165, 1.54) is 12.8 Å². The van der Waals surface area contributed by atoms with Crippen molar-refractivity contribution in [2.24, 2.45) is 4.99 Å². The van der Waals surface area contributed by atoms with Gasteiger partial charge >= 0.3 is 6.03 Å². The Bertz CT molecular complexity index is 848. The summed E-state index contributed by atoms with van der Waals surface area (Å²) >= 11 is 0. The summed E-state index contributed by atoms with van der Waals surface area (Å²) in [5.74, 6) is 0.102. The minimum Gasteiger partial charge on any atom is -0.359 e. The first kappa shape index (κ1) is 17.8. The smallest absolute Gasteiger partial charge is 0.316 e. The molecule has 1 saturated carbocycles. The molecule has 27 heavy (non-hydrogen) atoms. The number of nitrogens with zero attached hydrogens (tertiary/aromatic N) is 4. The number of carbonyl (C=O) groups is 2. The van der Waals surface area contributed by atoms with Crippen molar-refractivity contribution in [2.75, 3.05) is 31.6 Å². The summed E-state index contributed by atoms with van der Waals surface area (Å²) in [6.07, 6.45) is 8.62. The summed E-state index contributed by atoms with van der Waals surface area (Å²) in [6.45, 7) is 1.83. The highest BCUT2D eigenvalue weighted by Crippen LogP contribution is 2.17. The Kier molecular flexibility index (Phi) is 4.96. The van der Waals surface area contributed by atoms with Crippen molar-refractivity contribution in [3.8, 4) is 0 Å². The van der Waals surface area contributed by atoms with Gasteiger partial charge in [-0.2, -0.15) is 0 Å². The monoisotopic (exact) mass is 370 g/mol. The lowest BCUT2D eigenvalue weighted by Crippen LogP contribution is -2.49. The molecular weight excluding hydrogens is 344 g/mol. The molecule has 1 aromatic rings. The number of likely N-dealkylation sites (N-methyl/N-ethyl adjacent to an activating group) is 1. The second-order valence-electron chi connectivity index (χ2n) is 7.52. The van der Waals surface area contributed by atoms with Gasteiger partial charge in [0.15, 0.2) is 0 Å². The van der Waals surface area contributed by atoms with Crippen LogP contribution in [0.25, 0.3) is 6.08 Å². The number of rotatable bonds is 3. The molecular formula is C19H26N6O2. The lowest BCUT2D eigenvalue weighted by molar-refractivity contribution is -0.129. The number of hydrogen-bond donors (Lipinski definition) is 2. The average molecular weight is 370 g/mol. The molecule has 1 unspecified atom stereocenters. The fourth-order valence-corrected chi connectivity index (χ4v) is 3.85. The molecule has 1 saturated heterocycles. The van der Waals surface area contributed by atoms with Gasteiger partial charge in [0.1, 0.15) is 6.17 Å². The molecule has 2 fully saturated rings. The normalized spacial score (nSPS) is 22.7. The van der Waals surface area contributed by atoms with Gasteiger partial charge in [-0.05, 0) is 18.9 Å². The summed E-state index contributed by atoms with van der Waals surface area (Å²) in [5.41, 5.74) is 0.892. The maximum atomic E-state index is 12.2. The predicted molar refractivity (Wildman–Crippen MR) is 102 cm³/mol. The number of urea groups is 1. The van der Waals surface area contributed by atoms with Gasteiger partial charge in [-0.15, -0.1) is 0 Å². The maximum absolute atomic E-state index is 12.2. The van der Waals surface area contributed by atoms with Crippen LogP contribution in [0.15, 0.2) is 17.3 Å². The van der Waals surface area contributed by atoms with E-state index < -0.39 is 0 Å². The first-order valence-corrected chi connectivity index (χ1v) is 9.68. The molecule has 8 nitrogen and oxygen atoms in total. The number of anilines is 1. The van der Waals surface area contributed by atoms with E-state index in [-0.39, 0.29) is 24.1 Å². The van der Waals surface area contributed by atoms with Crippen LogP contribution in [0.5, 0.6) is 0 Å². The highest BCUT2D eigenvalue weighted by molar-refractivity contribution is 5.82. The van der Waals surface area contributed by atoms with Crippen LogP contribution in [0, 0.1) is 0 Å². The van der Waals surface area contributed by atoms with Crippen molar-refractivity contribution in [1.29, 1.82) is 0 Å². The molecule has 0 aromatic carbocycles. The number of fused-ring (bicyclic) bond motifs is 1. The largest absolute Gasteiger partial charge is 0.359 e. The fourth-order valence-electron chi connectivity index (χ4n) is 3.85. The molecule has 4 rings (SSSR count). The molecule has 2 N–H and O–H groups in total. The van der Waals surface area contributed by atoms with Crippen LogP contribution in [0.1, 0.15) is 32.1 Å². The van der Waals surface area contributed by atoms with E-state index in [9.17, 15) is 9.59 Å². The standard InChI is InChI=1S/C19H26N6O2/c1-24-8-9-25(12-18(24)26)14-10-16-15(20-11-14)6-7-17(22-16)23-19(27)21-13-4-2-3-5-13/h6,10-11,13,17H,2-5,7-9,12H2,1H3,(H2,21,23,27). The maximum Gasteiger partial charge on any atom is 0.316 e. The summed E-state index contributed by atoms with van der Waals surface area (Å²) in [4.78, 5) is 37.1. The SMILES string of the molecule is CN1CCN(c2cnc3c(c2)=NC(NC(=O)NC2CCCC2)CC=3)CC1=O. The van der Waals surface area contributed by atoms with Gasteiger partial charge in [0, 0.05) is 32.6 Å². The molecule has 144 valence electrons. The van der Waals surface area contributed by atoms with Gasteiger partial charge in [-0.1, -0.05) is 18.9 Å². The average Bonchev–Trinajstić information content (AvgIpc) is 3.16. The Hall–Kier alpha value is -2.64. The molecule has 3 aliphatic rings. The van der Waals surface area contributed by atoms with Gasteiger partial charge in [0.2, 0.25) is 5.91 Å². The fraction of sp³-hybridized carbons (Fsp3) is 0.579. The molecule has 8 heteroatoms.